The topological polar surface area (TPSA) is 29.9 Å². The van der Waals surface area contributed by atoms with Crippen LogP contribution < -0.4 is 5.32 Å². The van der Waals surface area contributed by atoms with E-state index >= 15 is 0 Å². The second kappa shape index (κ2) is 5.18. The van der Waals surface area contributed by atoms with E-state index in [2.05, 4.69) is 39.2 Å². The predicted molar refractivity (Wildman–Crippen MR) is 60.8 cm³/mol. The van der Waals surface area contributed by atoms with Crippen LogP contribution in [-0.4, -0.2) is 16.3 Å². The van der Waals surface area contributed by atoms with Crippen LogP contribution in [0.2, 0.25) is 0 Å². The maximum absolute atomic E-state index is 5.15. The third kappa shape index (κ3) is 2.37. The Morgan fingerprint density at radius 1 is 1.64 bits per heavy atom. The molecule has 0 saturated carbocycles. The van der Waals surface area contributed by atoms with Crippen LogP contribution in [0.1, 0.15) is 18.3 Å². The molecule has 0 aliphatic carbocycles. The average Bonchev–Trinajstić information content (AvgIpc) is 2.45. The molecular formula is C10H14BrN3. The van der Waals surface area contributed by atoms with Crippen molar-refractivity contribution in [3.8, 4) is 12.3 Å². The van der Waals surface area contributed by atoms with E-state index in [-0.39, 0.29) is 0 Å². The lowest BCUT2D eigenvalue weighted by Gasteiger charge is -2.02. The Morgan fingerprint density at radius 2 is 2.36 bits per heavy atom. The number of nitrogens with one attached hydrogen (secondary N) is 1. The van der Waals surface area contributed by atoms with Crippen LogP contribution in [0.25, 0.3) is 0 Å². The molecule has 0 atom stereocenters. The second-order valence-electron chi connectivity index (χ2n) is 2.99. The number of rotatable bonds is 4. The Kier molecular flexibility index (Phi) is 4.18. The molecule has 0 unspecified atom stereocenters. The van der Waals surface area contributed by atoms with E-state index in [0.29, 0.717) is 6.54 Å². The van der Waals surface area contributed by atoms with Gasteiger partial charge in [-0.05, 0) is 22.4 Å². The molecule has 1 aromatic rings. The van der Waals surface area contributed by atoms with Crippen LogP contribution in [-0.2, 0) is 20.0 Å². The Labute approximate surface area is 93.0 Å². The van der Waals surface area contributed by atoms with Crippen LogP contribution in [0, 0.1) is 12.3 Å². The predicted octanol–water partition coefficient (Wildman–Crippen LogP) is 1.47. The normalized spacial score (nSPS) is 10.1. The number of nitrogens with zero attached hydrogens (tertiary/aromatic N) is 2. The lowest BCUT2D eigenvalue weighted by atomic mass is 10.3. The van der Waals surface area contributed by atoms with Crippen molar-refractivity contribution >= 4 is 15.9 Å². The summed E-state index contributed by atoms with van der Waals surface area (Å²) in [5.41, 5.74) is 2.22. The van der Waals surface area contributed by atoms with Gasteiger partial charge >= 0.3 is 0 Å². The maximum Gasteiger partial charge on any atom is 0.0767 e. The zero-order valence-corrected chi connectivity index (χ0v) is 10.1. The highest BCUT2D eigenvalue weighted by Gasteiger charge is 2.11. The minimum absolute atomic E-state index is 0.582. The molecule has 3 nitrogen and oxygen atoms in total. The van der Waals surface area contributed by atoms with Gasteiger partial charge in [0.05, 0.1) is 22.4 Å². The molecule has 1 N–H and O–H groups in total. The summed E-state index contributed by atoms with van der Waals surface area (Å²) in [6, 6.07) is 0. The van der Waals surface area contributed by atoms with Gasteiger partial charge < -0.3 is 5.32 Å². The summed E-state index contributed by atoms with van der Waals surface area (Å²) in [6.07, 6.45) is 6.09. The van der Waals surface area contributed by atoms with Crippen LogP contribution in [0.5, 0.6) is 0 Å². The first-order valence-corrected chi connectivity index (χ1v) is 5.34. The summed E-state index contributed by atoms with van der Waals surface area (Å²) in [5, 5.41) is 7.53. The van der Waals surface area contributed by atoms with E-state index in [1.165, 1.54) is 0 Å². The van der Waals surface area contributed by atoms with Gasteiger partial charge in [0.15, 0.2) is 0 Å². The molecule has 14 heavy (non-hydrogen) atoms. The second-order valence-corrected chi connectivity index (χ2v) is 3.79. The van der Waals surface area contributed by atoms with E-state index in [0.717, 1.165) is 28.8 Å². The molecule has 0 bridgehead atoms. The van der Waals surface area contributed by atoms with E-state index < -0.39 is 0 Å². The van der Waals surface area contributed by atoms with Crippen molar-refractivity contribution in [2.45, 2.75) is 19.9 Å². The van der Waals surface area contributed by atoms with Gasteiger partial charge in [-0.3, -0.25) is 4.68 Å². The largest absolute Gasteiger partial charge is 0.301 e. The highest BCUT2D eigenvalue weighted by molar-refractivity contribution is 9.10. The van der Waals surface area contributed by atoms with Gasteiger partial charge in [0, 0.05) is 13.6 Å². The van der Waals surface area contributed by atoms with Gasteiger partial charge in [0.1, 0.15) is 0 Å². The monoisotopic (exact) mass is 255 g/mol. The molecule has 0 saturated heterocycles. The number of aryl methyl sites for hydroxylation is 2. The highest BCUT2D eigenvalue weighted by atomic mass is 79.9. The summed E-state index contributed by atoms with van der Waals surface area (Å²) in [6.45, 7) is 3.42. The van der Waals surface area contributed by atoms with E-state index in [4.69, 9.17) is 6.42 Å². The van der Waals surface area contributed by atoms with Gasteiger partial charge in [0.25, 0.3) is 0 Å². The van der Waals surface area contributed by atoms with E-state index in [9.17, 15) is 0 Å². The SMILES string of the molecule is C#CCNCc1c(Br)c(CC)nn1C. The first-order chi connectivity index (χ1) is 6.70. The fourth-order valence-corrected chi connectivity index (χ4v) is 2.02. The number of aromatic nitrogens is 2. The molecule has 4 heteroatoms. The number of halogens is 1. The molecule has 0 amide bonds. The lowest BCUT2D eigenvalue weighted by molar-refractivity contribution is 0.652. The summed E-state index contributed by atoms with van der Waals surface area (Å²) in [7, 11) is 1.94. The van der Waals surface area contributed by atoms with Crippen molar-refractivity contribution in [1.29, 1.82) is 0 Å². The minimum atomic E-state index is 0.582. The number of terminal acetylenes is 1. The summed E-state index contributed by atoms with van der Waals surface area (Å²) in [4.78, 5) is 0. The quantitative estimate of drug-likeness (QED) is 0.653. The minimum Gasteiger partial charge on any atom is -0.301 e. The standard InChI is InChI=1S/C10H14BrN3/c1-4-6-12-7-9-10(11)8(5-2)13-14(9)3/h1,12H,5-7H2,2-3H3. The van der Waals surface area contributed by atoms with Gasteiger partial charge in [-0.25, -0.2) is 0 Å². The van der Waals surface area contributed by atoms with Crippen molar-refractivity contribution in [1.82, 2.24) is 15.1 Å². The zero-order valence-electron chi connectivity index (χ0n) is 8.47. The first kappa shape index (κ1) is 11.3. The molecule has 0 radical (unpaired) electrons. The van der Waals surface area contributed by atoms with Crippen molar-refractivity contribution < 1.29 is 0 Å². The van der Waals surface area contributed by atoms with Crippen LogP contribution in [0.15, 0.2) is 4.47 Å². The van der Waals surface area contributed by atoms with Crippen LogP contribution >= 0.6 is 15.9 Å². The summed E-state index contributed by atoms with van der Waals surface area (Å²) >= 11 is 3.54. The smallest absolute Gasteiger partial charge is 0.0767 e. The van der Waals surface area contributed by atoms with Crippen molar-refractivity contribution in [3.63, 3.8) is 0 Å². The van der Waals surface area contributed by atoms with Gasteiger partial charge in [-0.15, -0.1) is 6.42 Å². The van der Waals surface area contributed by atoms with Crippen molar-refractivity contribution in [3.05, 3.63) is 15.9 Å². The van der Waals surface area contributed by atoms with Crippen LogP contribution in [0.4, 0.5) is 0 Å². The van der Waals surface area contributed by atoms with Crippen LogP contribution in [0.3, 0.4) is 0 Å². The van der Waals surface area contributed by atoms with Gasteiger partial charge in [-0.2, -0.15) is 5.10 Å². The molecule has 1 aromatic heterocycles. The molecule has 0 spiro atoms. The molecular weight excluding hydrogens is 242 g/mol. The summed E-state index contributed by atoms with van der Waals surface area (Å²) in [5.74, 6) is 2.54. The molecule has 0 aliphatic heterocycles. The van der Waals surface area contributed by atoms with E-state index in [1.54, 1.807) is 0 Å². The molecule has 76 valence electrons. The number of hydrogen-bond donors (Lipinski definition) is 1. The fraction of sp³-hybridized carbons (Fsp3) is 0.500. The van der Waals surface area contributed by atoms with Crippen molar-refractivity contribution in [2.75, 3.05) is 6.54 Å². The van der Waals surface area contributed by atoms with Gasteiger partial charge in [-0.1, -0.05) is 12.8 Å². The van der Waals surface area contributed by atoms with Crippen molar-refractivity contribution in [2.24, 2.45) is 7.05 Å². The average molecular weight is 256 g/mol. The zero-order chi connectivity index (χ0) is 10.6. The third-order valence-electron chi connectivity index (χ3n) is 2.02. The first-order valence-electron chi connectivity index (χ1n) is 4.55. The Bertz CT molecular complexity index is 349. The fourth-order valence-electron chi connectivity index (χ4n) is 1.26. The maximum atomic E-state index is 5.15. The Balaban J connectivity index is 2.76. The molecule has 0 aliphatic rings. The van der Waals surface area contributed by atoms with E-state index in [1.807, 2.05) is 11.7 Å². The number of hydrogen-bond acceptors (Lipinski definition) is 2. The Hall–Kier alpha value is -0.790. The molecule has 0 aromatic carbocycles. The molecule has 0 fully saturated rings. The molecule has 1 heterocycles. The molecule has 1 rings (SSSR count). The van der Waals surface area contributed by atoms with Gasteiger partial charge in [0.2, 0.25) is 0 Å². The highest BCUT2D eigenvalue weighted by Crippen LogP contribution is 2.21. The third-order valence-corrected chi connectivity index (χ3v) is 2.94. The summed E-state index contributed by atoms with van der Waals surface area (Å²) < 4.78 is 2.97. The Morgan fingerprint density at radius 3 is 2.86 bits per heavy atom. The lowest BCUT2D eigenvalue weighted by Crippen LogP contribution is -2.15.